The number of thiazole rings is 1. The van der Waals surface area contributed by atoms with E-state index < -0.39 is 0 Å². The molecule has 0 spiro atoms. The maximum absolute atomic E-state index is 5.27. The number of halogens is 1. The molecule has 2 heterocycles. The highest BCUT2D eigenvalue weighted by molar-refractivity contribution is 9.10. The molecule has 5 heteroatoms. The zero-order chi connectivity index (χ0) is 9.97. The van der Waals surface area contributed by atoms with Crippen molar-refractivity contribution in [1.29, 1.82) is 0 Å². The lowest BCUT2D eigenvalue weighted by atomic mass is 10.5. The van der Waals surface area contributed by atoms with Crippen molar-refractivity contribution in [2.24, 2.45) is 0 Å². The SMILES string of the molecule is CNCc1sc(-c2ccco2)nc1Br. The lowest BCUT2D eigenvalue weighted by molar-refractivity contribution is 0.582. The van der Waals surface area contributed by atoms with Gasteiger partial charge in [-0.15, -0.1) is 11.3 Å². The Labute approximate surface area is 94.3 Å². The first-order valence-electron chi connectivity index (χ1n) is 4.15. The predicted molar refractivity (Wildman–Crippen MR) is 60.3 cm³/mol. The largest absolute Gasteiger partial charge is 0.462 e. The molecule has 0 unspecified atom stereocenters. The third kappa shape index (κ3) is 1.89. The Hall–Kier alpha value is -0.650. The second-order valence-electron chi connectivity index (χ2n) is 2.74. The summed E-state index contributed by atoms with van der Waals surface area (Å²) in [5.74, 6) is 0.818. The standard InChI is InChI=1S/C9H9BrN2OS/c1-11-5-7-8(10)12-9(14-7)6-3-2-4-13-6/h2-4,11H,5H2,1H3. The van der Waals surface area contributed by atoms with Gasteiger partial charge < -0.3 is 9.73 Å². The Balaban J connectivity index is 2.33. The minimum atomic E-state index is 0.818. The van der Waals surface area contributed by atoms with Gasteiger partial charge in [-0.25, -0.2) is 4.98 Å². The molecule has 0 aliphatic rings. The van der Waals surface area contributed by atoms with E-state index in [4.69, 9.17) is 4.42 Å². The van der Waals surface area contributed by atoms with E-state index in [1.807, 2.05) is 19.2 Å². The molecule has 0 aromatic carbocycles. The minimum absolute atomic E-state index is 0.818. The normalized spacial score (nSPS) is 10.7. The van der Waals surface area contributed by atoms with Crippen LogP contribution in [0, 0.1) is 0 Å². The molecule has 0 amide bonds. The number of nitrogens with one attached hydrogen (secondary N) is 1. The molecule has 0 saturated heterocycles. The van der Waals surface area contributed by atoms with Crippen LogP contribution >= 0.6 is 27.3 Å². The molecular formula is C9H9BrN2OS. The molecule has 2 aromatic rings. The van der Waals surface area contributed by atoms with Crippen molar-refractivity contribution in [1.82, 2.24) is 10.3 Å². The van der Waals surface area contributed by atoms with Crippen LogP contribution in [0.15, 0.2) is 27.4 Å². The Bertz CT molecular complexity index is 410. The van der Waals surface area contributed by atoms with Crippen molar-refractivity contribution in [3.63, 3.8) is 0 Å². The van der Waals surface area contributed by atoms with Crippen LogP contribution in [0.3, 0.4) is 0 Å². The van der Waals surface area contributed by atoms with E-state index >= 15 is 0 Å². The van der Waals surface area contributed by atoms with Crippen molar-refractivity contribution in [3.8, 4) is 10.8 Å². The Morgan fingerprint density at radius 3 is 3.14 bits per heavy atom. The van der Waals surface area contributed by atoms with Crippen molar-refractivity contribution in [2.45, 2.75) is 6.54 Å². The van der Waals surface area contributed by atoms with Gasteiger partial charge in [0.25, 0.3) is 0 Å². The van der Waals surface area contributed by atoms with Gasteiger partial charge in [0.1, 0.15) is 4.60 Å². The van der Waals surface area contributed by atoms with Gasteiger partial charge in [-0.2, -0.15) is 0 Å². The lowest BCUT2D eigenvalue weighted by Gasteiger charge is -1.92. The smallest absolute Gasteiger partial charge is 0.162 e. The van der Waals surface area contributed by atoms with E-state index in [1.54, 1.807) is 17.6 Å². The summed E-state index contributed by atoms with van der Waals surface area (Å²) in [5, 5.41) is 4.00. The molecule has 0 radical (unpaired) electrons. The summed E-state index contributed by atoms with van der Waals surface area (Å²) >= 11 is 5.05. The fourth-order valence-electron chi connectivity index (χ4n) is 1.11. The van der Waals surface area contributed by atoms with E-state index in [0.29, 0.717) is 0 Å². The van der Waals surface area contributed by atoms with Crippen LogP contribution in [0.2, 0.25) is 0 Å². The van der Waals surface area contributed by atoms with Gasteiger partial charge in [0.05, 0.1) is 11.1 Å². The summed E-state index contributed by atoms with van der Waals surface area (Å²) in [7, 11) is 1.92. The minimum Gasteiger partial charge on any atom is -0.462 e. The molecule has 0 atom stereocenters. The Morgan fingerprint density at radius 1 is 1.64 bits per heavy atom. The molecule has 0 fully saturated rings. The molecule has 0 aliphatic heterocycles. The van der Waals surface area contributed by atoms with E-state index in [1.165, 1.54) is 4.88 Å². The summed E-state index contributed by atoms with van der Waals surface area (Å²) < 4.78 is 6.16. The molecule has 0 saturated carbocycles. The lowest BCUT2D eigenvalue weighted by Crippen LogP contribution is -2.03. The number of hydrogen-bond acceptors (Lipinski definition) is 4. The zero-order valence-electron chi connectivity index (χ0n) is 7.58. The number of hydrogen-bond donors (Lipinski definition) is 1. The number of nitrogens with zero attached hydrogens (tertiary/aromatic N) is 1. The van der Waals surface area contributed by atoms with Gasteiger partial charge >= 0.3 is 0 Å². The average molecular weight is 273 g/mol. The van der Waals surface area contributed by atoms with Crippen LogP contribution in [0.25, 0.3) is 10.8 Å². The van der Waals surface area contributed by atoms with Gasteiger partial charge in [-0.05, 0) is 35.1 Å². The molecule has 74 valence electrons. The van der Waals surface area contributed by atoms with Gasteiger partial charge in [-0.3, -0.25) is 0 Å². The first kappa shape index (κ1) is 9.89. The van der Waals surface area contributed by atoms with Crippen LogP contribution in [0.5, 0.6) is 0 Å². The van der Waals surface area contributed by atoms with Gasteiger partial charge in [-0.1, -0.05) is 0 Å². The van der Waals surface area contributed by atoms with E-state index in [2.05, 4.69) is 26.2 Å². The Kier molecular flexibility index (Phi) is 3.00. The molecule has 3 nitrogen and oxygen atoms in total. The number of aromatic nitrogens is 1. The molecule has 2 rings (SSSR count). The first-order chi connectivity index (χ1) is 6.81. The van der Waals surface area contributed by atoms with E-state index in [0.717, 1.165) is 21.9 Å². The molecule has 2 aromatic heterocycles. The van der Waals surface area contributed by atoms with Crippen LogP contribution in [-0.2, 0) is 6.54 Å². The monoisotopic (exact) mass is 272 g/mol. The molecule has 0 bridgehead atoms. The van der Waals surface area contributed by atoms with E-state index in [-0.39, 0.29) is 0 Å². The summed E-state index contributed by atoms with van der Waals surface area (Å²) in [6.07, 6.45) is 1.66. The first-order valence-corrected chi connectivity index (χ1v) is 5.76. The third-order valence-corrected chi connectivity index (χ3v) is 3.71. The number of rotatable bonds is 3. The van der Waals surface area contributed by atoms with Crippen LogP contribution < -0.4 is 5.32 Å². The molecular weight excluding hydrogens is 264 g/mol. The van der Waals surface area contributed by atoms with Crippen molar-refractivity contribution in [3.05, 3.63) is 27.9 Å². The highest BCUT2D eigenvalue weighted by Crippen LogP contribution is 2.31. The topological polar surface area (TPSA) is 38.1 Å². The summed E-state index contributed by atoms with van der Waals surface area (Å²) in [6, 6.07) is 3.77. The Morgan fingerprint density at radius 2 is 2.50 bits per heavy atom. The second kappa shape index (κ2) is 4.25. The van der Waals surface area contributed by atoms with Gasteiger partial charge in [0, 0.05) is 6.54 Å². The highest BCUT2D eigenvalue weighted by Gasteiger charge is 2.11. The predicted octanol–water partition coefficient (Wildman–Crippen LogP) is 2.89. The number of furan rings is 1. The van der Waals surface area contributed by atoms with Crippen molar-refractivity contribution >= 4 is 27.3 Å². The molecule has 1 N–H and O–H groups in total. The summed E-state index contributed by atoms with van der Waals surface area (Å²) in [4.78, 5) is 5.55. The van der Waals surface area contributed by atoms with Gasteiger partial charge in [0.2, 0.25) is 0 Å². The van der Waals surface area contributed by atoms with Crippen LogP contribution in [0.1, 0.15) is 4.88 Å². The zero-order valence-corrected chi connectivity index (χ0v) is 9.98. The third-order valence-electron chi connectivity index (χ3n) is 1.72. The molecule has 14 heavy (non-hydrogen) atoms. The maximum Gasteiger partial charge on any atom is 0.162 e. The van der Waals surface area contributed by atoms with Crippen LogP contribution in [-0.4, -0.2) is 12.0 Å². The van der Waals surface area contributed by atoms with Crippen molar-refractivity contribution in [2.75, 3.05) is 7.05 Å². The van der Waals surface area contributed by atoms with Crippen molar-refractivity contribution < 1.29 is 4.42 Å². The average Bonchev–Trinajstić information content (AvgIpc) is 2.76. The highest BCUT2D eigenvalue weighted by atomic mass is 79.9. The van der Waals surface area contributed by atoms with Crippen LogP contribution in [0.4, 0.5) is 0 Å². The quantitative estimate of drug-likeness (QED) is 0.934. The van der Waals surface area contributed by atoms with Gasteiger partial charge in [0.15, 0.2) is 10.8 Å². The van der Waals surface area contributed by atoms with E-state index in [9.17, 15) is 0 Å². The maximum atomic E-state index is 5.27. The second-order valence-corrected chi connectivity index (χ2v) is 4.58. The summed E-state index contributed by atoms with van der Waals surface area (Å²) in [5.41, 5.74) is 0. The summed E-state index contributed by atoms with van der Waals surface area (Å²) in [6.45, 7) is 0.818. The molecule has 0 aliphatic carbocycles. The fourth-order valence-corrected chi connectivity index (χ4v) is 2.72. The fraction of sp³-hybridized carbons (Fsp3) is 0.222.